The number of nitrogens with zero attached hydrogens (tertiary/aromatic N) is 1. The molecule has 1 heterocycles. The number of piperidine rings is 1. The highest BCUT2D eigenvalue weighted by atomic mass is 31.0. The SMILES string of the molecule is O=CC1CCCCC(C2CCN(P)CC2)CCC1. The molecule has 0 N–H and O–H groups in total. The maximum absolute atomic E-state index is 10.9. The van der Waals surface area contributed by atoms with Crippen molar-refractivity contribution in [1.29, 1.82) is 0 Å². The number of aldehydes is 1. The van der Waals surface area contributed by atoms with Crippen molar-refractivity contribution >= 4 is 15.7 Å². The zero-order valence-corrected chi connectivity index (χ0v) is 12.7. The van der Waals surface area contributed by atoms with Crippen LogP contribution in [0.25, 0.3) is 0 Å². The van der Waals surface area contributed by atoms with Crippen LogP contribution < -0.4 is 0 Å². The van der Waals surface area contributed by atoms with Crippen LogP contribution in [0.4, 0.5) is 0 Å². The molecule has 2 rings (SSSR count). The Labute approximate surface area is 114 Å². The molecule has 0 radical (unpaired) electrons. The van der Waals surface area contributed by atoms with E-state index in [4.69, 9.17) is 0 Å². The van der Waals surface area contributed by atoms with Crippen LogP contribution in [-0.2, 0) is 4.79 Å². The van der Waals surface area contributed by atoms with Gasteiger partial charge in [-0.05, 0) is 37.5 Å². The van der Waals surface area contributed by atoms with Crippen molar-refractivity contribution in [3.05, 3.63) is 0 Å². The van der Waals surface area contributed by atoms with Gasteiger partial charge in [-0.25, -0.2) is 0 Å². The first-order chi connectivity index (χ1) is 8.79. The number of rotatable bonds is 2. The molecule has 18 heavy (non-hydrogen) atoms. The Morgan fingerprint density at radius 2 is 1.39 bits per heavy atom. The van der Waals surface area contributed by atoms with Crippen LogP contribution in [0.1, 0.15) is 57.8 Å². The van der Waals surface area contributed by atoms with E-state index in [1.54, 1.807) is 0 Å². The molecule has 0 aromatic carbocycles. The third-order valence-electron chi connectivity index (χ3n) is 4.98. The molecule has 0 spiro atoms. The van der Waals surface area contributed by atoms with E-state index >= 15 is 0 Å². The molecule has 1 aliphatic carbocycles. The first kappa shape index (κ1) is 14.5. The van der Waals surface area contributed by atoms with Crippen LogP contribution in [0.15, 0.2) is 0 Å². The van der Waals surface area contributed by atoms with E-state index in [9.17, 15) is 4.79 Å². The summed E-state index contributed by atoms with van der Waals surface area (Å²) in [5, 5.41) is 0. The van der Waals surface area contributed by atoms with Crippen LogP contribution >= 0.6 is 9.39 Å². The number of carbonyl (C=O) groups excluding carboxylic acids is 1. The summed E-state index contributed by atoms with van der Waals surface area (Å²) in [5.74, 6) is 2.25. The molecular weight excluding hydrogens is 241 g/mol. The summed E-state index contributed by atoms with van der Waals surface area (Å²) in [6, 6.07) is 0. The normalized spacial score (nSPS) is 33.4. The summed E-state index contributed by atoms with van der Waals surface area (Å²) in [6.45, 7) is 2.51. The summed E-state index contributed by atoms with van der Waals surface area (Å²) >= 11 is 0. The van der Waals surface area contributed by atoms with E-state index in [1.807, 2.05) is 0 Å². The van der Waals surface area contributed by atoms with Crippen LogP contribution in [0.5, 0.6) is 0 Å². The van der Waals surface area contributed by atoms with E-state index in [0.29, 0.717) is 5.92 Å². The summed E-state index contributed by atoms with van der Waals surface area (Å²) in [6.07, 6.45) is 12.9. The summed E-state index contributed by atoms with van der Waals surface area (Å²) in [5.41, 5.74) is 0. The Hall–Kier alpha value is 0.0600. The van der Waals surface area contributed by atoms with Crippen molar-refractivity contribution in [2.45, 2.75) is 57.8 Å². The summed E-state index contributed by atoms with van der Waals surface area (Å²) < 4.78 is 2.38. The largest absolute Gasteiger partial charge is 0.303 e. The lowest BCUT2D eigenvalue weighted by molar-refractivity contribution is -0.111. The second-order valence-corrected chi connectivity index (χ2v) is 6.98. The minimum absolute atomic E-state index is 0.359. The average Bonchev–Trinajstić information content (AvgIpc) is 2.51. The van der Waals surface area contributed by atoms with Gasteiger partial charge in [-0.3, -0.25) is 4.67 Å². The lowest BCUT2D eigenvalue weighted by atomic mass is 9.79. The third-order valence-corrected chi connectivity index (χ3v) is 5.50. The molecule has 1 aliphatic heterocycles. The van der Waals surface area contributed by atoms with Crippen LogP contribution in [0, 0.1) is 17.8 Å². The van der Waals surface area contributed by atoms with Gasteiger partial charge in [0.2, 0.25) is 0 Å². The van der Waals surface area contributed by atoms with Crippen molar-refractivity contribution in [1.82, 2.24) is 4.67 Å². The fourth-order valence-electron chi connectivity index (χ4n) is 3.74. The first-order valence-corrected chi connectivity index (χ1v) is 8.26. The Morgan fingerprint density at radius 3 is 2.11 bits per heavy atom. The van der Waals surface area contributed by atoms with Gasteiger partial charge in [0, 0.05) is 19.0 Å². The van der Waals surface area contributed by atoms with E-state index in [-0.39, 0.29) is 0 Å². The third kappa shape index (κ3) is 4.31. The van der Waals surface area contributed by atoms with E-state index < -0.39 is 0 Å². The van der Waals surface area contributed by atoms with Crippen molar-refractivity contribution in [3.8, 4) is 0 Å². The minimum atomic E-state index is 0.359. The first-order valence-electron chi connectivity index (χ1n) is 7.74. The van der Waals surface area contributed by atoms with Crippen LogP contribution in [0.3, 0.4) is 0 Å². The predicted octanol–water partition coefficient (Wildman–Crippen LogP) is 3.66. The molecule has 0 amide bonds. The minimum Gasteiger partial charge on any atom is -0.303 e. The topological polar surface area (TPSA) is 20.3 Å². The van der Waals surface area contributed by atoms with Gasteiger partial charge in [-0.15, -0.1) is 0 Å². The van der Waals surface area contributed by atoms with Gasteiger partial charge >= 0.3 is 0 Å². The second-order valence-electron chi connectivity index (χ2n) is 6.25. The molecular formula is C15H28NOP. The van der Waals surface area contributed by atoms with Gasteiger partial charge < -0.3 is 4.79 Å². The number of hydrogen-bond acceptors (Lipinski definition) is 2. The molecule has 3 heteroatoms. The lowest BCUT2D eigenvalue weighted by Gasteiger charge is -2.34. The molecule has 0 bridgehead atoms. The highest BCUT2D eigenvalue weighted by Gasteiger charge is 2.25. The zero-order chi connectivity index (χ0) is 12.8. The van der Waals surface area contributed by atoms with Gasteiger partial charge in [0.1, 0.15) is 6.29 Å². The van der Waals surface area contributed by atoms with Gasteiger partial charge in [0.25, 0.3) is 0 Å². The zero-order valence-electron chi connectivity index (χ0n) is 11.5. The fourth-order valence-corrected chi connectivity index (χ4v) is 4.04. The molecule has 1 saturated heterocycles. The van der Waals surface area contributed by atoms with Gasteiger partial charge in [-0.1, -0.05) is 41.5 Å². The molecule has 3 atom stereocenters. The second kappa shape index (κ2) is 7.60. The maximum Gasteiger partial charge on any atom is 0.123 e. The van der Waals surface area contributed by atoms with Crippen LogP contribution in [0.2, 0.25) is 0 Å². The number of carbonyl (C=O) groups is 1. The molecule has 0 aromatic heterocycles. The standard InChI is InChI=1S/C15H28NOP/c17-12-13-4-1-2-6-14(7-3-5-13)15-8-10-16(18)11-9-15/h12-15H,1-11,18H2. The summed E-state index contributed by atoms with van der Waals surface area (Å²) in [4.78, 5) is 10.9. The Bertz CT molecular complexity index is 251. The Balaban J connectivity index is 1.82. The maximum atomic E-state index is 10.9. The molecule has 2 aliphatic rings. The van der Waals surface area contributed by atoms with Crippen molar-refractivity contribution in [2.24, 2.45) is 17.8 Å². The molecule has 0 aromatic rings. The fraction of sp³-hybridized carbons (Fsp3) is 0.933. The summed E-state index contributed by atoms with van der Waals surface area (Å²) in [7, 11) is 2.84. The molecule has 104 valence electrons. The van der Waals surface area contributed by atoms with E-state index in [1.165, 1.54) is 64.3 Å². The average molecular weight is 269 g/mol. The monoisotopic (exact) mass is 269 g/mol. The van der Waals surface area contributed by atoms with E-state index in [2.05, 4.69) is 14.1 Å². The van der Waals surface area contributed by atoms with Gasteiger partial charge in [-0.2, -0.15) is 0 Å². The quantitative estimate of drug-likeness (QED) is 0.563. The molecule has 1 saturated carbocycles. The molecule has 3 unspecified atom stereocenters. The predicted molar refractivity (Wildman–Crippen MR) is 79.4 cm³/mol. The highest BCUT2D eigenvalue weighted by Crippen LogP contribution is 2.35. The van der Waals surface area contributed by atoms with Crippen molar-refractivity contribution in [3.63, 3.8) is 0 Å². The van der Waals surface area contributed by atoms with Gasteiger partial charge in [0.15, 0.2) is 0 Å². The van der Waals surface area contributed by atoms with Crippen molar-refractivity contribution < 1.29 is 4.79 Å². The Morgan fingerprint density at radius 1 is 0.833 bits per heavy atom. The lowest BCUT2D eigenvalue weighted by Crippen LogP contribution is -2.30. The smallest absolute Gasteiger partial charge is 0.123 e. The van der Waals surface area contributed by atoms with Crippen molar-refractivity contribution in [2.75, 3.05) is 13.1 Å². The van der Waals surface area contributed by atoms with Gasteiger partial charge in [0.05, 0.1) is 0 Å². The highest BCUT2D eigenvalue weighted by molar-refractivity contribution is 7.13. The molecule has 2 fully saturated rings. The Kier molecular flexibility index (Phi) is 6.11. The number of hydrogen-bond donors (Lipinski definition) is 0. The molecule has 2 nitrogen and oxygen atoms in total. The van der Waals surface area contributed by atoms with E-state index in [0.717, 1.165) is 24.7 Å². The van der Waals surface area contributed by atoms with Crippen LogP contribution in [-0.4, -0.2) is 24.0 Å².